The van der Waals surface area contributed by atoms with Crippen LogP contribution in [0.15, 0.2) is 24.3 Å². The van der Waals surface area contributed by atoms with E-state index in [-0.39, 0.29) is 5.04 Å². The monoisotopic (exact) mass is 295 g/mol. The largest absolute Gasteiger partial charge is 0.543 e. The van der Waals surface area contributed by atoms with Gasteiger partial charge < -0.3 is 15.3 Å². The first-order valence-corrected chi connectivity index (χ1v) is 9.70. The molecule has 0 spiro atoms. The minimum Gasteiger partial charge on any atom is -0.543 e. The molecule has 0 heterocycles. The Morgan fingerprint density at radius 3 is 2.50 bits per heavy atom. The van der Waals surface area contributed by atoms with Crippen molar-refractivity contribution in [2.75, 3.05) is 0 Å². The molecule has 0 fully saturated rings. The molecule has 0 unspecified atom stereocenters. The van der Waals surface area contributed by atoms with Crippen LogP contribution in [-0.2, 0) is 11.2 Å². The summed E-state index contributed by atoms with van der Waals surface area (Å²) in [5.74, 6) is -0.188. The van der Waals surface area contributed by atoms with Crippen LogP contribution in [0, 0.1) is 0 Å². The zero-order valence-corrected chi connectivity index (χ0v) is 13.9. The molecule has 112 valence electrons. The summed E-state index contributed by atoms with van der Waals surface area (Å²) in [5.41, 5.74) is 6.45. The molecule has 0 aliphatic heterocycles. The lowest BCUT2D eigenvalue weighted by Crippen LogP contribution is -2.43. The molecule has 4 nitrogen and oxygen atoms in total. The zero-order valence-electron chi connectivity index (χ0n) is 12.9. The molecule has 20 heavy (non-hydrogen) atoms. The fraction of sp³-hybridized carbons (Fsp3) is 0.533. The van der Waals surface area contributed by atoms with Crippen LogP contribution in [0.4, 0.5) is 0 Å². The van der Waals surface area contributed by atoms with Gasteiger partial charge in [-0.05, 0) is 42.2 Å². The number of carbonyl (C=O) groups is 1. The van der Waals surface area contributed by atoms with Crippen molar-refractivity contribution in [1.82, 2.24) is 0 Å². The van der Waals surface area contributed by atoms with E-state index in [9.17, 15) is 4.79 Å². The maximum atomic E-state index is 10.8. The molecule has 1 aromatic rings. The lowest BCUT2D eigenvalue weighted by Gasteiger charge is -2.36. The summed E-state index contributed by atoms with van der Waals surface area (Å²) in [6, 6.07) is 6.69. The van der Waals surface area contributed by atoms with Crippen LogP contribution >= 0.6 is 0 Å². The second kappa shape index (κ2) is 5.97. The van der Waals surface area contributed by atoms with Crippen LogP contribution in [0.25, 0.3) is 0 Å². The summed E-state index contributed by atoms with van der Waals surface area (Å²) in [4.78, 5) is 10.8. The average Bonchev–Trinajstić information content (AvgIpc) is 2.26. The van der Waals surface area contributed by atoms with E-state index in [4.69, 9.17) is 15.3 Å². The molecule has 5 heteroatoms. The first-order valence-electron chi connectivity index (χ1n) is 6.79. The zero-order chi connectivity index (χ0) is 15.6. The summed E-state index contributed by atoms with van der Waals surface area (Å²) in [5, 5.41) is 8.98. The van der Waals surface area contributed by atoms with Crippen LogP contribution < -0.4 is 10.2 Å². The molecule has 0 saturated heterocycles. The van der Waals surface area contributed by atoms with Crippen molar-refractivity contribution in [2.45, 2.75) is 51.4 Å². The van der Waals surface area contributed by atoms with Crippen molar-refractivity contribution in [3.05, 3.63) is 29.8 Å². The van der Waals surface area contributed by atoms with E-state index in [1.165, 1.54) is 0 Å². The number of rotatable bonds is 5. The van der Waals surface area contributed by atoms with Crippen LogP contribution in [-0.4, -0.2) is 25.4 Å². The second-order valence-corrected chi connectivity index (χ2v) is 11.4. The van der Waals surface area contributed by atoms with Gasteiger partial charge in [-0.2, -0.15) is 0 Å². The van der Waals surface area contributed by atoms with Crippen LogP contribution in [0.5, 0.6) is 5.75 Å². The molecular weight excluding hydrogens is 270 g/mol. The highest BCUT2D eigenvalue weighted by Gasteiger charge is 2.38. The van der Waals surface area contributed by atoms with Crippen molar-refractivity contribution >= 4 is 14.3 Å². The van der Waals surface area contributed by atoms with E-state index in [0.717, 1.165) is 11.3 Å². The number of carboxylic acid groups (broad SMARTS) is 1. The highest BCUT2D eigenvalue weighted by molar-refractivity contribution is 6.74. The van der Waals surface area contributed by atoms with E-state index in [1.54, 1.807) is 0 Å². The number of nitrogens with two attached hydrogens (primary N) is 1. The average molecular weight is 295 g/mol. The highest BCUT2D eigenvalue weighted by Crippen LogP contribution is 2.37. The molecule has 3 N–H and O–H groups in total. The molecule has 0 radical (unpaired) electrons. The number of hydrogen-bond donors (Lipinski definition) is 2. The molecular formula is C15H25NO3Si. The van der Waals surface area contributed by atoms with Gasteiger partial charge in [0, 0.05) is 0 Å². The molecule has 1 atom stereocenters. The van der Waals surface area contributed by atoms with Crippen LogP contribution in [0.2, 0.25) is 18.1 Å². The maximum Gasteiger partial charge on any atom is 0.320 e. The lowest BCUT2D eigenvalue weighted by atomic mass is 10.1. The summed E-state index contributed by atoms with van der Waals surface area (Å²) in [6.45, 7) is 10.9. The number of carboxylic acids is 1. The van der Waals surface area contributed by atoms with Gasteiger partial charge in [0.1, 0.15) is 11.8 Å². The van der Waals surface area contributed by atoms with E-state index in [0.29, 0.717) is 6.42 Å². The Balaban J connectivity index is 2.86. The van der Waals surface area contributed by atoms with E-state index >= 15 is 0 Å². The van der Waals surface area contributed by atoms with Gasteiger partial charge in [0.15, 0.2) is 0 Å². The summed E-state index contributed by atoms with van der Waals surface area (Å²) < 4.78 is 6.20. The topological polar surface area (TPSA) is 72.5 Å². The Morgan fingerprint density at radius 2 is 2.00 bits per heavy atom. The van der Waals surface area contributed by atoms with Gasteiger partial charge in [-0.25, -0.2) is 0 Å². The van der Waals surface area contributed by atoms with Gasteiger partial charge >= 0.3 is 5.97 Å². The third kappa shape index (κ3) is 4.35. The van der Waals surface area contributed by atoms with Crippen molar-refractivity contribution in [2.24, 2.45) is 5.73 Å². The fourth-order valence-electron chi connectivity index (χ4n) is 1.52. The quantitative estimate of drug-likeness (QED) is 0.819. The third-order valence-electron chi connectivity index (χ3n) is 3.85. The number of benzene rings is 1. The van der Waals surface area contributed by atoms with E-state index in [2.05, 4.69) is 33.9 Å². The molecule has 1 aromatic carbocycles. The van der Waals surface area contributed by atoms with E-state index in [1.807, 2.05) is 24.3 Å². The standard InChI is InChI=1S/C15H25NO3Si/c1-15(2,3)20(4,5)19-12-8-6-7-11(9-12)10-13(16)14(17)18/h6-9,13H,10,16H2,1-5H3,(H,17,18)/t13-/m1/s1. The Morgan fingerprint density at radius 1 is 1.40 bits per heavy atom. The van der Waals surface area contributed by atoms with Crippen molar-refractivity contribution in [1.29, 1.82) is 0 Å². The fourth-order valence-corrected chi connectivity index (χ4v) is 2.55. The maximum absolute atomic E-state index is 10.8. The van der Waals surface area contributed by atoms with Gasteiger partial charge in [0.2, 0.25) is 8.32 Å². The Kier molecular flexibility index (Phi) is 4.99. The van der Waals surface area contributed by atoms with Crippen molar-refractivity contribution < 1.29 is 14.3 Å². The van der Waals surface area contributed by atoms with Gasteiger partial charge in [-0.3, -0.25) is 4.79 Å². The van der Waals surface area contributed by atoms with Gasteiger partial charge in [0.25, 0.3) is 0 Å². The highest BCUT2D eigenvalue weighted by atomic mass is 28.4. The first kappa shape index (κ1) is 16.7. The minimum absolute atomic E-state index is 0.125. The summed E-state index contributed by atoms with van der Waals surface area (Å²) in [7, 11) is -1.88. The second-order valence-electron chi connectivity index (χ2n) is 6.66. The summed E-state index contributed by atoms with van der Waals surface area (Å²) in [6.07, 6.45) is 0.310. The Bertz CT molecular complexity index is 480. The van der Waals surface area contributed by atoms with Crippen molar-refractivity contribution in [3.63, 3.8) is 0 Å². The predicted octanol–water partition coefficient (Wildman–Crippen LogP) is 3.02. The van der Waals surface area contributed by atoms with Crippen LogP contribution in [0.3, 0.4) is 0 Å². The normalized spacial score (nSPS) is 13.9. The van der Waals surface area contributed by atoms with Gasteiger partial charge in [0.05, 0.1) is 0 Å². The SMILES string of the molecule is CC(C)(C)[Si](C)(C)Oc1cccc(C[C@@H](N)C(=O)O)c1. The first-order chi connectivity index (χ1) is 9.03. The molecule has 0 aromatic heterocycles. The smallest absolute Gasteiger partial charge is 0.320 e. The lowest BCUT2D eigenvalue weighted by molar-refractivity contribution is -0.138. The minimum atomic E-state index is -1.88. The molecule has 0 bridgehead atoms. The van der Waals surface area contributed by atoms with Gasteiger partial charge in [-0.1, -0.05) is 32.9 Å². The number of aliphatic carboxylic acids is 1. The molecule has 0 aliphatic carbocycles. The van der Waals surface area contributed by atoms with Gasteiger partial charge in [-0.15, -0.1) is 0 Å². The molecule has 0 saturated carbocycles. The molecule has 1 rings (SSSR count). The Hall–Kier alpha value is -1.33. The number of hydrogen-bond acceptors (Lipinski definition) is 3. The Labute approximate surface area is 122 Å². The summed E-state index contributed by atoms with van der Waals surface area (Å²) >= 11 is 0. The van der Waals surface area contributed by atoms with Crippen LogP contribution in [0.1, 0.15) is 26.3 Å². The van der Waals surface area contributed by atoms with Crippen molar-refractivity contribution in [3.8, 4) is 5.75 Å². The van der Waals surface area contributed by atoms with E-state index < -0.39 is 20.3 Å². The third-order valence-corrected chi connectivity index (χ3v) is 8.21. The predicted molar refractivity (Wildman–Crippen MR) is 83.6 cm³/mol. The molecule has 0 amide bonds. The molecule has 0 aliphatic rings.